The molecule has 0 aliphatic carbocycles. The molecular weight excluding hydrogens is 317 g/mol. The molecule has 1 saturated heterocycles. The Labute approximate surface area is 141 Å². The van der Waals surface area contributed by atoms with Crippen molar-refractivity contribution < 1.29 is 0 Å². The van der Waals surface area contributed by atoms with Crippen LogP contribution in [0.5, 0.6) is 0 Å². The molecule has 1 aliphatic heterocycles. The van der Waals surface area contributed by atoms with Gasteiger partial charge in [-0.3, -0.25) is 4.90 Å². The van der Waals surface area contributed by atoms with Crippen molar-refractivity contribution in [2.24, 2.45) is 0 Å². The maximum atomic E-state index is 3.52. The molecule has 1 aromatic carbocycles. The van der Waals surface area contributed by atoms with Crippen molar-refractivity contribution in [3.8, 4) is 0 Å². The number of nitrogens with zero attached hydrogens (tertiary/aromatic N) is 1. The van der Waals surface area contributed by atoms with Gasteiger partial charge in [0.2, 0.25) is 0 Å². The molecule has 1 heterocycles. The Kier molecular flexibility index (Phi) is 15.5. The number of hydrogen-bond acceptors (Lipinski definition) is 3. The first kappa shape index (κ1) is 22.3. The van der Waals surface area contributed by atoms with Crippen LogP contribution in [0.1, 0.15) is 5.56 Å². The van der Waals surface area contributed by atoms with Gasteiger partial charge in [0.1, 0.15) is 0 Å². The Morgan fingerprint density at radius 2 is 1.60 bits per heavy atom. The molecule has 2 N–H and O–H groups in total. The molecule has 0 saturated carbocycles. The largest absolute Gasteiger partial charge is 0.315 e. The predicted molar refractivity (Wildman–Crippen MR) is 94.1 cm³/mol. The lowest BCUT2D eigenvalue weighted by molar-refractivity contribution is 0.241. The molecule has 0 spiro atoms. The number of benzene rings is 1. The molecule has 6 heteroatoms. The zero-order valence-corrected chi connectivity index (χ0v) is 14.2. The SMILES string of the molecule is Cl.Cl.Cl.c1ccc(CCNCCN2CCNCC2)cc1. The van der Waals surface area contributed by atoms with E-state index in [-0.39, 0.29) is 37.2 Å². The van der Waals surface area contributed by atoms with Gasteiger partial charge in [-0.05, 0) is 18.5 Å². The molecule has 0 aromatic heterocycles. The normalized spacial score (nSPS) is 14.6. The lowest BCUT2D eigenvalue weighted by Gasteiger charge is -2.27. The van der Waals surface area contributed by atoms with E-state index in [1.54, 1.807) is 0 Å². The first-order valence-corrected chi connectivity index (χ1v) is 6.63. The summed E-state index contributed by atoms with van der Waals surface area (Å²) in [6, 6.07) is 10.7. The van der Waals surface area contributed by atoms with E-state index in [2.05, 4.69) is 45.9 Å². The second kappa shape index (κ2) is 13.9. The first-order valence-electron chi connectivity index (χ1n) is 6.63. The fourth-order valence-corrected chi connectivity index (χ4v) is 2.17. The van der Waals surface area contributed by atoms with Crippen LogP contribution < -0.4 is 10.6 Å². The number of hydrogen-bond donors (Lipinski definition) is 2. The van der Waals surface area contributed by atoms with E-state index in [9.17, 15) is 0 Å². The van der Waals surface area contributed by atoms with Gasteiger partial charge < -0.3 is 10.6 Å². The summed E-state index contributed by atoms with van der Waals surface area (Å²) in [5.41, 5.74) is 1.42. The lowest BCUT2D eigenvalue weighted by Crippen LogP contribution is -2.45. The van der Waals surface area contributed by atoms with Crippen molar-refractivity contribution in [2.45, 2.75) is 6.42 Å². The fourth-order valence-electron chi connectivity index (χ4n) is 2.17. The van der Waals surface area contributed by atoms with Crippen molar-refractivity contribution in [2.75, 3.05) is 45.8 Å². The summed E-state index contributed by atoms with van der Waals surface area (Å²) in [6.07, 6.45) is 1.13. The van der Waals surface area contributed by atoms with Crippen LogP contribution in [0.3, 0.4) is 0 Å². The summed E-state index contributed by atoms with van der Waals surface area (Å²) < 4.78 is 0. The summed E-state index contributed by atoms with van der Waals surface area (Å²) in [5.74, 6) is 0. The van der Waals surface area contributed by atoms with Gasteiger partial charge in [-0.15, -0.1) is 37.2 Å². The molecule has 1 aromatic rings. The molecule has 0 amide bonds. The van der Waals surface area contributed by atoms with Crippen molar-refractivity contribution in [3.63, 3.8) is 0 Å². The number of piperazine rings is 1. The van der Waals surface area contributed by atoms with E-state index >= 15 is 0 Å². The fraction of sp³-hybridized carbons (Fsp3) is 0.571. The molecule has 0 atom stereocenters. The second-order valence-corrected chi connectivity index (χ2v) is 4.58. The highest BCUT2D eigenvalue weighted by Crippen LogP contribution is 1.98. The van der Waals surface area contributed by atoms with E-state index in [1.165, 1.54) is 25.2 Å². The monoisotopic (exact) mass is 341 g/mol. The van der Waals surface area contributed by atoms with Gasteiger partial charge in [-0.25, -0.2) is 0 Å². The van der Waals surface area contributed by atoms with Crippen LogP contribution in [-0.2, 0) is 6.42 Å². The van der Waals surface area contributed by atoms with Gasteiger partial charge in [0.05, 0.1) is 0 Å². The van der Waals surface area contributed by atoms with Gasteiger partial charge in [-0.2, -0.15) is 0 Å². The zero-order valence-electron chi connectivity index (χ0n) is 11.7. The maximum absolute atomic E-state index is 3.52. The molecule has 3 nitrogen and oxygen atoms in total. The van der Waals surface area contributed by atoms with E-state index < -0.39 is 0 Å². The Morgan fingerprint density at radius 1 is 0.950 bits per heavy atom. The smallest absolute Gasteiger partial charge is 0.0108 e. The highest BCUT2D eigenvalue weighted by Gasteiger charge is 2.07. The van der Waals surface area contributed by atoms with Gasteiger partial charge >= 0.3 is 0 Å². The van der Waals surface area contributed by atoms with Crippen LogP contribution in [0.15, 0.2) is 30.3 Å². The number of halogens is 3. The van der Waals surface area contributed by atoms with Gasteiger partial charge in [0.15, 0.2) is 0 Å². The summed E-state index contributed by atoms with van der Waals surface area (Å²) in [5, 5.41) is 6.89. The summed E-state index contributed by atoms with van der Waals surface area (Å²) in [6.45, 7) is 8.04. The third-order valence-corrected chi connectivity index (χ3v) is 3.25. The van der Waals surface area contributed by atoms with Crippen molar-refractivity contribution in [1.82, 2.24) is 15.5 Å². The van der Waals surface area contributed by atoms with Gasteiger partial charge in [0, 0.05) is 39.3 Å². The number of nitrogens with one attached hydrogen (secondary N) is 2. The Balaban J connectivity index is 0. The lowest BCUT2D eigenvalue weighted by atomic mass is 10.1. The van der Waals surface area contributed by atoms with Crippen LogP contribution in [0, 0.1) is 0 Å². The van der Waals surface area contributed by atoms with Crippen LogP contribution in [-0.4, -0.2) is 50.7 Å². The molecular formula is C14H26Cl3N3. The highest BCUT2D eigenvalue weighted by molar-refractivity contribution is 5.86. The third kappa shape index (κ3) is 9.01. The van der Waals surface area contributed by atoms with E-state index in [0.29, 0.717) is 0 Å². The highest BCUT2D eigenvalue weighted by atomic mass is 35.5. The number of rotatable bonds is 6. The van der Waals surface area contributed by atoms with Crippen LogP contribution >= 0.6 is 37.2 Å². The molecule has 1 aliphatic rings. The maximum Gasteiger partial charge on any atom is 0.0108 e. The topological polar surface area (TPSA) is 27.3 Å². The summed E-state index contributed by atoms with van der Waals surface area (Å²) in [7, 11) is 0. The first-order chi connectivity index (χ1) is 8.45. The van der Waals surface area contributed by atoms with Crippen LogP contribution in [0.2, 0.25) is 0 Å². The van der Waals surface area contributed by atoms with Crippen molar-refractivity contribution in [3.05, 3.63) is 35.9 Å². The van der Waals surface area contributed by atoms with Crippen LogP contribution in [0.25, 0.3) is 0 Å². The Hall–Kier alpha value is -0.0300. The molecule has 0 radical (unpaired) electrons. The summed E-state index contributed by atoms with van der Waals surface area (Å²) >= 11 is 0. The molecule has 118 valence electrons. The molecule has 0 unspecified atom stereocenters. The summed E-state index contributed by atoms with van der Waals surface area (Å²) in [4.78, 5) is 2.52. The van der Waals surface area contributed by atoms with E-state index in [4.69, 9.17) is 0 Å². The molecule has 20 heavy (non-hydrogen) atoms. The minimum absolute atomic E-state index is 0. The van der Waals surface area contributed by atoms with Gasteiger partial charge in [0.25, 0.3) is 0 Å². The van der Waals surface area contributed by atoms with Gasteiger partial charge in [-0.1, -0.05) is 30.3 Å². The standard InChI is InChI=1S/C14H23N3.3ClH/c1-2-4-14(5-3-1)6-7-15-8-11-17-12-9-16-10-13-17;;;/h1-5,15-16H,6-13H2;3*1H. The minimum Gasteiger partial charge on any atom is -0.315 e. The molecule has 1 fully saturated rings. The Bertz CT molecular complexity index is 306. The van der Waals surface area contributed by atoms with E-state index in [0.717, 1.165) is 32.6 Å². The zero-order chi connectivity index (χ0) is 11.8. The van der Waals surface area contributed by atoms with E-state index in [1.807, 2.05) is 0 Å². The Morgan fingerprint density at radius 3 is 2.25 bits per heavy atom. The average molecular weight is 343 g/mol. The average Bonchev–Trinajstić information content (AvgIpc) is 2.41. The van der Waals surface area contributed by atoms with Crippen molar-refractivity contribution >= 4 is 37.2 Å². The predicted octanol–water partition coefficient (Wildman–Crippen LogP) is 1.99. The second-order valence-electron chi connectivity index (χ2n) is 4.58. The minimum atomic E-state index is 0. The third-order valence-electron chi connectivity index (χ3n) is 3.25. The van der Waals surface area contributed by atoms with Crippen LogP contribution in [0.4, 0.5) is 0 Å². The quantitative estimate of drug-likeness (QED) is 0.774. The molecule has 0 bridgehead atoms. The van der Waals surface area contributed by atoms with Crippen molar-refractivity contribution in [1.29, 1.82) is 0 Å². The molecule has 2 rings (SSSR count).